The molecule has 0 aliphatic heterocycles. The average molecular weight is 252 g/mol. The highest BCUT2D eigenvalue weighted by Crippen LogP contribution is 2.34. The fourth-order valence-corrected chi connectivity index (χ4v) is 1.88. The van der Waals surface area contributed by atoms with Gasteiger partial charge in [-0.15, -0.1) is 0 Å². The molecule has 0 aliphatic rings. The molecule has 0 saturated heterocycles. The van der Waals surface area contributed by atoms with Crippen LogP contribution in [0.25, 0.3) is 0 Å². The van der Waals surface area contributed by atoms with E-state index in [9.17, 15) is 4.79 Å². The Bertz CT molecular complexity index is 424. The number of carboxylic acids is 1. The fourth-order valence-electron chi connectivity index (χ4n) is 1.88. The maximum absolute atomic E-state index is 10.6. The number of carboxylic acid groups (broad SMARTS) is 1. The van der Waals surface area contributed by atoms with Crippen molar-refractivity contribution in [3.63, 3.8) is 0 Å². The number of hydrogen-bond acceptors (Lipinski definition) is 3. The van der Waals surface area contributed by atoms with Crippen LogP contribution in [-0.2, 0) is 11.2 Å². The largest absolute Gasteiger partial charge is 0.496 e. The molecule has 1 rings (SSSR count). The van der Waals surface area contributed by atoms with Crippen LogP contribution in [0.1, 0.15) is 37.3 Å². The Hall–Kier alpha value is -1.71. The van der Waals surface area contributed by atoms with E-state index in [1.165, 1.54) is 0 Å². The van der Waals surface area contributed by atoms with Gasteiger partial charge in [-0.2, -0.15) is 0 Å². The zero-order valence-electron chi connectivity index (χ0n) is 11.3. The molecule has 4 heteroatoms. The number of methoxy groups -OCH3 is 2. The first-order chi connectivity index (χ1) is 8.49. The van der Waals surface area contributed by atoms with Gasteiger partial charge >= 0.3 is 5.97 Å². The Kier molecular flexibility index (Phi) is 5.01. The quantitative estimate of drug-likeness (QED) is 0.845. The third-order valence-electron chi connectivity index (χ3n) is 2.86. The lowest BCUT2D eigenvalue weighted by molar-refractivity contribution is -0.136. The van der Waals surface area contributed by atoms with Crippen LogP contribution in [0.2, 0.25) is 0 Å². The number of aryl methyl sites for hydroxylation is 1. The van der Waals surface area contributed by atoms with Gasteiger partial charge < -0.3 is 14.6 Å². The van der Waals surface area contributed by atoms with Crippen molar-refractivity contribution in [2.75, 3.05) is 14.2 Å². The van der Waals surface area contributed by atoms with Crippen LogP contribution >= 0.6 is 0 Å². The van der Waals surface area contributed by atoms with Crippen LogP contribution in [0, 0.1) is 0 Å². The molecule has 0 aromatic heterocycles. The SMILES string of the molecule is COc1cc(OC)c(C(C)C)cc1CCC(=O)O. The number of aliphatic carboxylic acids is 1. The summed E-state index contributed by atoms with van der Waals surface area (Å²) in [6, 6.07) is 3.80. The molecule has 0 radical (unpaired) electrons. The third kappa shape index (κ3) is 3.39. The minimum absolute atomic E-state index is 0.0974. The molecule has 0 bridgehead atoms. The van der Waals surface area contributed by atoms with Crippen LogP contribution < -0.4 is 9.47 Å². The Morgan fingerprint density at radius 3 is 2.28 bits per heavy atom. The number of carbonyl (C=O) groups is 1. The van der Waals surface area contributed by atoms with Gasteiger partial charge in [-0.3, -0.25) is 4.79 Å². The van der Waals surface area contributed by atoms with Crippen molar-refractivity contribution in [3.8, 4) is 11.5 Å². The Balaban J connectivity index is 3.14. The highest BCUT2D eigenvalue weighted by Gasteiger charge is 2.14. The lowest BCUT2D eigenvalue weighted by atomic mass is 9.97. The molecule has 100 valence electrons. The van der Waals surface area contributed by atoms with Gasteiger partial charge in [-0.05, 0) is 29.5 Å². The summed E-state index contributed by atoms with van der Waals surface area (Å²) in [6.07, 6.45) is 0.558. The molecule has 18 heavy (non-hydrogen) atoms. The topological polar surface area (TPSA) is 55.8 Å². The molecule has 0 unspecified atom stereocenters. The summed E-state index contributed by atoms with van der Waals surface area (Å²) in [7, 11) is 3.20. The first-order valence-corrected chi connectivity index (χ1v) is 5.96. The zero-order valence-corrected chi connectivity index (χ0v) is 11.3. The predicted molar refractivity (Wildman–Crippen MR) is 69.6 cm³/mol. The van der Waals surface area contributed by atoms with E-state index in [0.717, 1.165) is 16.9 Å². The molecule has 1 aromatic rings. The molecular weight excluding hydrogens is 232 g/mol. The first kappa shape index (κ1) is 14.4. The van der Waals surface area contributed by atoms with Gasteiger partial charge in [0.2, 0.25) is 0 Å². The zero-order chi connectivity index (χ0) is 13.7. The van der Waals surface area contributed by atoms with Crippen LogP contribution in [-0.4, -0.2) is 25.3 Å². The van der Waals surface area contributed by atoms with E-state index in [0.29, 0.717) is 18.1 Å². The number of hydrogen-bond donors (Lipinski definition) is 1. The summed E-state index contributed by atoms with van der Waals surface area (Å²) < 4.78 is 10.6. The molecule has 0 saturated carbocycles. The standard InChI is InChI=1S/C14H20O4/c1-9(2)11-7-10(5-6-14(15)16)12(17-3)8-13(11)18-4/h7-9H,5-6H2,1-4H3,(H,15,16). The number of rotatable bonds is 6. The van der Waals surface area contributed by atoms with E-state index in [1.54, 1.807) is 14.2 Å². The van der Waals surface area contributed by atoms with E-state index in [2.05, 4.69) is 13.8 Å². The maximum Gasteiger partial charge on any atom is 0.303 e. The lowest BCUT2D eigenvalue weighted by Gasteiger charge is -2.16. The van der Waals surface area contributed by atoms with Gasteiger partial charge in [0.1, 0.15) is 11.5 Å². The van der Waals surface area contributed by atoms with E-state index in [1.807, 2.05) is 12.1 Å². The minimum Gasteiger partial charge on any atom is -0.496 e. The lowest BCUT2D eigenvalue weighted by Crippen LogP contribution is -2.03. The highest BCUT2D eigenvalue weighted by atomic mass is 16.5. The molecule has 0 heterocycles. The highest BCUT2D eigenvalue weighted by molar-refractivity contribution is 5.67. The Labute approximate surface area is 108 Å². The summed E-state index contributed by atoms with van der Waals surface area (Å²) in [5.41, 5.74) is 1.98. The van der Waals surface area contributed by atoms with Crippen LogP contribution in [0.15, 0.2) is 12.1 Å². The maximum atomic E-state index is 10.6. The third-order valence-corrected chi connectivity index (χ3v) is 2.86. The van der Waals surface area contributed by atoms with Gasteiger partial charge in [0.05, 0.1) is 14.2 Å². The second-order valence-corrected chi connectivity index (χ2v) is 4.45. The predicted octanol–water partition coefficient (Wildman–Crippen LogP) is 2.84. The van der Waals surface area contributed by atoms with Crippen LogP contribution in [0.3, 0.4) is 0 Å². The molecule has 1 aromatic carbocycles. The normalized spacial score (nSPS) is 10.5. The van der Waals surface area contributed by atoms with Crippen molar-refractivity contribution >= 4 is 5.97 Å². The average Bonchev–Trinajstić information content (AvgIpc) is 2.34. The van der Waals surface area contributed by atoms with Crippen LogP contribution in [0.4, 0.5) is 0 Å². The minimum atomic E-state index is -0.807. The summed E-state index contributed by atoms with van der Waals surface area (Å²) >= 11 is 0. The number of benzene rings is 1. The van der Waals surface area contributed by atoms with Gasteiger partial charge in [-0.25, -0.2) is 0 Å². The molecular formula is C14H20O4. The Morgan fingerprint density at radius 2 is 1.83 bits per heavy atom. The van der Waals surface area contributed by atoms with Gasteiger partial charge in [0, 0.05) is 12.5 Å². The van der Waals surface area contributed by atoms with E-state index in [4.69, 9.17) is 14.6 Å². The molecule has 0 fully saturated rings. The van der Waals surface area contributed by atoms with Crippen molar-refractivity contribution in [3.05, 3.63) is 23.3 Å². The van der Waals surface area contributed by atoms with Crippen molar-refractivity contribution in [2.24, 2.45) is 0 Å². The Morgan fingerprint density at radius 1 is 1.22 bits per heavy atom. The number of ether oxygens (including phenoxy) is 2. The summed E-state index contributed by atoms with van der Waals surface area (Å²) in [5, 5.41) is 8.75. The molecule has 0 aliphatic carbocycles. The monoisotopic (exact) mass is 252 g/mol. The van der Waals surface area contributed by atoms with E-state index in [-0.39, 0.29) is 6.42 Å². The molecule has 1 N–H and O–H groups in total. The summed E-state index contributed by atoms with van der Waals surface area (Å²) in [6.45, 7) is 4.15. The molecule has 0 amide bonds. The van der Waals surface area contributed by atoms with Gasteiger partial charge in [-0.1, -0.05) is 13.8 Å². The smallest absolute Gasteiger partial charge is 0.303 e. The van der Waals surface area contributed by atoms with E-state index >= 15 is 0 Å². The molecule has 0 atom stereocenters. The first-order valence-electron chi connectivity index (χ1n) is 5.96. The molecule has 4 nitrogen and oxygen atoms in total. The fraction of sp³-hybridized carbons (Fsp3) is 0.500. The molecule has 0 spiro atoms. The van der Waals surface area contributed by atoms with Gasteiger partial charge in [0.15, 0.2) is 0 Å². The van der Waals surface area contributed by atoms with E-state index < -0.39 is 5.97 Å². The van der Waals surface area contributed by atoms with Crippen molar-refractivity contribution in [2.45, 2.75) is 32.6 Å². The van der Waals surface area contributed by atoms with Crippen molar-refractivity contribution < 1.29 is 19.4 Å². The second kappa shape index (κ2) is 6.28. The van der Waals surface area contributed by atoms with Crippen molar-refractivity contribution in [1.82, 2.24) is 0 Å². The van der Waals surface area contributed by atoms with Crippen molar-refractivity contribution in [1.29, 1.82) is 0 Å². The second-order valence-electron chi connectivity index (χ2n) is 4.45. The van der Waals surface area contributed by atoms with Crippen LogP contribution in [0.5, 0.6) is 11.5 Å². The summed E-state index contributed by atoms with van der Waals surface area (Å²) in [4.78, 5) is 10.6. The van der Waals surface area contributed by atoms with Gasteiger partial charge in [0.25, 0.3) is 0 Å². The summed E-state index contributed by atoms with van der Waals surface area (Å²) in [5.74, 6) is 0.965.